The summed E-state index contributed by atoms with van der Waals surface area (Å²) in [6.45, 7) is 0. The molecule has 61 heavy (non-hydrogen) atoms. The van der Waals surface area contributed by atoms with Crippen molar-refractivity contribution < 1.29 is 26.0 Å². The Morgan fingerprint density at radius 2 is 0.803 bits per heavy atom. The SMILES string of the molecule is [2H]c1c([2H])c(N(c2c([2H])c([2H])c(-c3c(-c4ccccc4)ccc4ccccc34)c([2H])c2[2H])c2c([2H])c([2H])c(-c3c([2H])c([2H])c([2H])c4c([2H])c([2H])c([2H])c([2H])c34)c([2H])c2[2H])c([2H])c([2H])c1-c1ccc(-c2cccc3ccccc23)cc1. The number of hydrogen-bond acceptors (Lipinski definition) is 1. The Balaban J connectivity index is 1.21. The molecule has 0 saturated carbocycles. The van der Waals surface area contributed by atoms with Gasteiger partial charge < -0.3 is 4.90 Å². The second kappa shape index (κ2) is 15.6. The fourth-order valence-corrected chi connectivity index (χ4v) is 7.68. The third-order valence-electron chi connectivity index (χ3n) is 10.6. The summed E-state index contributed by atoms with van der Waals surface area (Å²) < 4.78 is 177. The van der Waals surface area contributed by atoms with Crippen LogP contribution in [0.1, 0.15) is 26.0 Å². The van der Waals surface area contributed by atoms with Gasteiger partial charge in [-0.3, -0.25) is 0 Å². The van der Waals surface area contributed by atoms with Gasteiger partial charge in [0.1, 0.15) is 0 Å². The molecule has 286 valence electrons. The second-order valence-electron chi connectivity index (χ2n) is 14.2. The molecular weight excluding hydrogens is 735 g/mol. The predicted octanol–water partition coefficient (Wildman–Crippen LogP) is 17.0. The highest BCUT2D eigenvalue weighted by atomic mass is 15.1. The zero-order valence-corrected chi connectivity index (χ0v) is 32.1. The van der Waals surface area contributed by atoms with Crippen LogP contribution in [0.5, 0.6) is 0 Å². The maximum Gasteiger partial charge on any atom is 0.0645 e. The maximum atomic E-state index is 9.87. The van der Waals surface area contributed by atoms with Gasteiger partial charge in [0.25, 0.3) is 0 Å². The molecule has 0 aromatic heterocycles. The zero-order chi connectivity index (χ0) is 57.1. The van der Waals surface area contributed by atoms with E-state index in [-0.39, 0.29) is 16.7 Å². The Labute approximate surface area is 383 Å². The van der Waals surface area contributed by atoms with Crippen LogP contribution in [0.15, 0.2) is 248 Å². The molecule has 0 aliphatic heterocycles. The van der Waals surface area contributed by atoms with E-state index in [2.05, 4.69) is 0 Å². The predicted molar refractivity (Wildman–Crippen MR) is 261 cm³/mol. The molecule has 11 aromatic rings. The molecule has 0 bridgehead atoms. The van der Waals surface area contributed by atoms with E-state index in [0.29, 0.717) is 32.4 Å². The van der Waals surface area contributed by atoms with Gasteiger partial charge >= 0.3 is 0 Å². The van der Waals surface area contributed by atoms with Crippen LogP contribution < -0.4 is 4.90 Å². The average molecular weight is 795 g/mol. The lowest BCUT2D eigenvalue weighted by Crippen LogP contribution is -2.09. The van der Waals surface area contributed by atoms with Gasteiger partial charge in [-0.05, 0) is 124 Å². The van der Waals surface area contributed by atoms with Gasteiger partial charge in [0.05, 0.1) is 26.0 Å². The van der Waals surface area contributed by atoms with E-state index < -0.39 is 154 Å². The minimum absolute atomic E-state index is 0.167. The average Bonchev–Trinajstić information content (AvgIpc) is 3.66. The first-order valence-corrected chi connectivity index (χ1v) is 19.5. The molecule has 0 saturated heterocycles. The minimum Gasteiger partial charge on any atom is -0.311 e. The van der Waals surface area contributed by atoms with Crippen LogP contribution in [-0.4, -0.2) is 0 Å². The van der Waals surface area contributed by atoms with Crippen molar-refractivity contribution in [2.24, 2.45) is 0 Å². The fraction of sp³-hybridized carbons (Fsp3) is 0. The van der Waals surface area contributed by atoms with Gasteiger partial charge in [0.2, 0.25) is 0 Å². The second-order valence-corrected chi connectivity index (χ2v) is 14.2. The zero-order valence-electron chi connectivity index (χ0n) is 51.1. The summed E-state index contributed by atoms with van der Waals surface area (Å²) in [6, 6.07) is 24.8. The van der Waals surface area contributed by atoms with Crippen LogP contribution in [0.3, 0.4) is 0 Å². The molecule has 0 fully saturated rings. The van der Waals surface area contributed by atoms with Gasteiger partial charge in [-0.15, -0.1) is 0 Å². The highest BCUT2D eigenvalue weighted by Crippen LogP contribution is 2.42. The van der Waals surface area contributed by atoms with E-state index in [9.17, 15) is 16.4 Å². The fourth-order valence-electron chi connectivity index (χ4n) is 7.68. The van der Waals surface area contributed by atoms with E-state index in [1.165, 1.54) is 0 Å². The number of hydrogen-bond donors (Lipinski definition) is 0. The molecule has 0 radical (unpaired) electrons. The summed E-state index contributed by atoms with van der Waals surface area (Å²) in [5.41, 5.74) is -0.638. The van der Waals surface area contributed by atoms with Crippen molar-refractivity contribution in [2.45, 2.75) is 0 Å². The van der Waals surface area contributed by atoms with Crippen LogP contribution in [0, 0.1) is 0 Å². The number of anilines is 3. The van der Waals surface area contributed by atoms with Crippen molar-refractivity contribution >= 4 is 49.4 Å². The molecular formula is C60H41N. The topological polar surface area (TPSA) is 3.24 Å². The van der Waals surface area contributed by atoms with E-state index in [1.807, 2.05) is 72.8 Å². The Kier molecular flexibility index (Phi) is 5.46. The highest BCUT2D eigenvalue weighted by Gasteiger charge is 2.17. The summed E-state index contributed by atoms with van der Waals surface area (Å²) in [4.78, 5) is 0.666. The molecule has 0 N–H and O–H groups in total. The Morgan fingerprint density at radius 3 is 1.52 bits per heavy atom. The molecule has 0 heterocycles. The smallest absolute Gasteiger partial charge is 0.0645 e. The molecule has 0 atom stereocenters. The summed E-state index contributed by atoms with van der Waals surface area (Å²) in [7, 11) is 0. The molecule has 0 aliphatic rings. The molecule has 0 aliphatic carbocycles. The number of rotatable bonds is 8. The van der Waals surface area contributed by atoms with E-state index in [4.69, 9.17) is 9.60 Å². The Bertz CT molecular complexity index is 4370. The molecule has 1 heteroatoms. The third-order valence-corrected chi connectivity index (χ3v) is 10.6. The van der Waals surface area contributed by atoms with Crippen molar-refractivity contribution in [3.05, 3.63) is 248 Å². The highest BCUT2D eigenvalue weighted by molar-refractivity contribution is 6.04. The van der Waals surface area contributed by atoms with Crippen LogP contribution in [0.25, 0.3) is 88.0 Å². The third kappa shape index (κ3) is 6.83. The van der Waals surface area contributed by atoms with Crippen molar-refractivity contribution in [1.82, 2.24) is 0 Å². The summed E-state index contributed by atoms with van der Waals surface area (Å²) >= 11 is 0. The summed E-state index contributed by atoms with van der Waals surface area (Å²) in [5, 5.41) is 2.19. The van der Waals surface area contributed by atoms with E-state index >= 15 is 0 Å². The van der Waals surface area contributed by atoms with Crippen LogP contribution in [0.4, 0.5) is 17.1 Å². The Hall–Kier alpha value is -8.00. The normalized spacial score (nSPS) is 15.6. The Morgan fingerprint density at radius 1 is 0.262 bits per heavy atom. The monoisotopic (exact) mass is 794 g/mol. The minimum atomic E-state index is -1.04. The maximum absolute atomic E-state index is 9.87. The molecule has 0 amide bonds. The van der Waals surface area contributed by atoms with E-state index in [0.717, 1.165) is 21.9 Å². The van der Waals surface area contributed by atoms with Crippen LogP contribution >= 0.6 is 0 Å². The summed E-state index contributed by atoms with van der Waals surface area (Å²) in [6.07, 6.45) is 0. The molecule has 11 aromatic carbocycles. The lowest BCUT2D eigenvalue weighted by atomic mass is 9.89. The number of benzene rings is 11. The summed E-state index contributed by atoms with van der Waals surface area (Å²) in [5.74, 6) is 0. The van der Waals surface area contributed by atoms with Crippen LogP contribution in [0.2, 0.25) is 0 Å². The van der Waals surface area contributed by atoms with Crippen molar-refractivity contribution in [3.63, 3.8) is 0 Å². The van der Waals surface area contributed by atoms with Crippen molar-refractivity contribution in [3.8, 4) is 55.6 Å². The molecule has 1 nitrogen and oxygen atoms in total. The first-order valence-electron chi connectivity index (χ1n) is 29.0. The quantitative estimate of drug-likeness (QED) is 0.148. The molecule has 0 spiro atoms. The largest absolute Gasteiger partial charge is 0.311 e. The van der Waals surface area contributed by atoms with Gasteiger partial charge in [-0.25, -0.2) is 0 Å². The van der Waals surface area contributed by atoms with Crippen LogP contribution in [-0.2, 0) is 0 Å². The van der Waals surface area contributed by atoms with Gasteiger partial charge in [-0.2, -0.15) is 0 Å². The lowest BCUT2D eigenvalue weighted by molar-refractivity contribution is 1.28. The number of nitrogens with zero attached hydrogens (tertiary/aromatic N) is 1. The number of fused-ring (bicyclic) bond motifs is 3. The van der Waals surface area contributed by atoms with Crippen molar-refractivity contribution in [2.75, 3.05) is 4.90 Å². The first kappa shape index (κ1) is 21.3. The molecule has 0 unspecified atom stereocenters. The van der Waals surface area contributed by atoms with Gasteiger partial charge in [0.15, 0.2) is 0 Å². The molecule has 11 rings (SSSR count). The van der Waals surface area contributed by atoms with Gasteiger partial charge in [0, 0.05) is 17.1 Å². The first-order chi connectivity index (χ1) is 38.2. The van der Waals surface area contributed by atoms with Gasteiger partial charge in [-0.1, -0.05) is 212 Å². The standard InChI is InChI=1S/C60H41N/c1-2-12-46(13-3-1)59-41-34-47-16-6-9-21-58(47)60(59)50-32-39-53(40-33-50)61(52-37-30-49(31-38-52)57-23-11-18-45-15-5-8-20-55(45)57)51-35-28-43(29-36-51)42-24-26-48(27-25-42)56-22-10-17-44-14-4-7-19-54(44)56/h1-41H/i5D,8D,11D,15D,18D,20D,23D,28D,29D,30D,31D,32D,33D,35D,36D,37D,38D,39D,40D. The van der Waals surface area contributed by atoms with Crippen molar-refractivity contribution in [1.29, 1.82) is 0 Å². The van der Waals surface area contributed by atoms with E-state index in [1.54, 1.807) is 60.7 Å². The lowest BCUT2D eigenvalue weighted by Gasteiger charge is -2.26.